The summed E-state index contributed by atoms with van der Waals surface area (Å²) < 4.78 is 19.6. The van der Waals surface area contributed by atoms with Crippen molar-refractivity contribution in [1.29, 1.82) is 0 Å². The van der Waals surface area contributed by atoms with Gasteiger partial charge in [-0.2, -0.15) is 0 Å². The van der Waals surface area contributed by atoms with Crippen LogP contribution >= 0.6 is 15.9 Å². The van der Waals surface area contributed by atoms with E-state index in [2.05, 4.69) is 15.9 Å². The van der Waals surface area contributed by atoms with E-state index in [1.807, 2.05) is 6.07 Å². The molecule has 1 aliphatic carbocycles. The number of halogens is 2. The summed E-state index contributed by atoms with van der Waals surface area (Å²) in [7, 11) is 0. The van der Waals surface area contributed by atoms with E-state index in [1.54, 1.807) is 0 Å². The van der Waals surface area contributed by atoms with Crippen molar-refractivity contribution in [3.63, 3.8) is 0 Å². The van der Waals surface area contributed by atoms with Gasteiger partial charge in [0.2, 0.25) is 0 Å². The van der Waals surface area contributed by atoms with E-state index in [4.69, 9.17) is 10.5 Å². The first-order valence-corrected chi connectivity index (χ1v) is 7.18. The molecule has 1 saturated carbocycles. The van der Waals surface area contributed by atoms with E-state index in [-0.39, 0.29) is 11.4 Å². The molecule has 0 heterocycles. The predicted octanol–water partition coefficient (Wildman–Crippen LogP) is 3.77. The van der Waals surface area contributed by atoms with Crippen molar-refractivity contribution in [2.75, 3.05) is 6.61 Å². The smallest absolute Gasteiger partial charge is 0.124 e. The van der Waals surface area contributed by atoms with Crippen molar-refractivity contribution >= 4 is 15.9 Å². The average Bonchev–Trinajstić information content (AvgIpc) is 2.28. The van der Waals surface area contributed by atoms with Gasteiger partial charge in [0.15, 0.2) is 0 Å². The molecule has 1 fully saturated rings. The van der Waals surface area contributed by atoms with E-state index < -0.39 is 0 Å². The highest BCUT2D eigenvalue weighted by Gasteiger charge is 2.27. The molecular weight excluding hydrogens is 297 g/mol. The molecule has 0 radical (unpaired) electrons. The lowest BCUT2D eigenvalue weighted by Crippen LogP contribution is -2.46. The highest BCUT2D eigenvalue weighted by molar-refractivity contribution is 9.10. The molecule has 0 aromatic heterocycles. The molecule has 1 aromatic rings. The van der Waals surface area contributed by atoms with Crippen LogP contribution in [0.4, 0.5) is 4.39 Å². The van der Waals surface area contributed by atoms with Crippen LogP contribution in [0.25, 0.3) is 0 Å². The Morgan fingerprint density at radius 2 is 1.94 bits per heavy atom. The van der Waals surface area contributed by atoms with Gasteiger partial charge < -0.3 is 10.5 Å². The van der Waals surface area contributed by atoms with E-state index >= 15 is 0 Å². The first-order valence-electron chi connectivity index (χ1n) is 6.39. The Morgan fingerprint density at radius 1 is 1.22 bits per heavy atom. The first kappa shape index (κ1) is 14.0. The van der Waals surface area contributed by atoms with Crippen LogP contribution in [0.3, 0.4) is 0 Å². The molecule has 0 spiro atoms. The maximum atomic E-state index is 13.2. The second-order valence-corrected chi connectivity index (χ2v) is 6.11. The van der Waals surface area contributed by atoms with Gasteiger partial charge in [-0.3, -0.25) is 0 Å². The maximum absolute atomic E-state index is 13.2. The lowest BCUT2D eigenvalue weighted by Gasteiger charge is -2.33. The molecule has 0 aliphatic heterocycles. The van der Waals surface area contributed by atoms with Crippen LogP contribution < -0.4 is 5.73 Å². The highest BCUT2D eigenvalue weighted by atomic mass is 79.9. The monoisotopic (exact) mass is 315 g/mol. The van der Waals surface area contributed by atoms with Crippen molar-refractivity contribution in [3.05, 3.63) is 34.1 Å². The van der Waals surface area contributed by atoms with Crippen molar-refractivity contribution in [1.82, 2.24) is 0 Å². The van der Waals surface area contributed by atoms with Gasteiger partial charge in [0.1, 0.15) is 5.82 Å². The third kappa shape index (κ3) is 4.04. The fraction of sp³-hybridized carbons (Fsp3) is 0.571. The zero-order valence-electron chi connectivity index (χ0n) is 10.4. The standard InChI is InChI=1S/C14H19BrFNO/c15-12-6-11(7-13(16)8-12)9-18-10-14(17)4-2-1-3-5-14/h6-8H,1-5,9-10,17H2. The molecule has 0 atom stereocenters. The molecule has 2 nitrogen and oxygen atoms in total. The average molecular weight is 316 g/mol. The lowest BCUT2D eigenvalue weighted by atomic mass is 9.83. The predicted molar refractivity (Wildman–Crippen MR) is 73.8 cm³/mol. The van der Waals surface area contributed by atoms with Gasteiger partial charge >= 0.3 is 0 Å². The molecule has 18 heavy (non-hydrogen) atoms. The molecule has 0 bridgehead atoms. The van der Waals surface area contributed by atoms with Crippen LogP contribution in [0.2, 0.25) is 0 Å². The summed E-state index contributed by atoms with van der Waals surface area (Å²) in [5, 5.41) is 0. The maximum Gasteiger partial charge on any atom is 0.124 e. The van der Waals surface area contributed by atoms with Crippen LogP contribution in [-0.2, 0) is 11.3 Å². The topological polar surface area (TPSA) is 35.2 Å². The van der Waals surface area contributed by atoms with Crippen LogP contribution in [0.15, 0.2) is 22.7 Å². The third-order valence-corrected chi connectivity index (χ3v) is 3.89. The summed E-state index contributed by atoms with van der Waals surface area (Å²) in [4.78, 5) is 0. The van der Waals surface area contributed by atoms with E-state index in [0.29, 0.717) is 13.2 Å². The summed E-state index contributed by atoms with van der Waals surface area (Å²) in [5.41, 5.74) is 6.93. The Hall–Kier alpha value is -0.450. The second-order valence-electron chi connectivity index (χ2n) is 5.19. The lowest BCUT2D eigenvalue weighted by molar-refractivity contribution is 0.0573. The number of nitrogens with two attached hydrogens (primary N) is 1. The molecule has 1 aromatic carbocycles. The summed E-state index contributed by atoms with van der Waals surface area (Å²) in [6.45, 7) is 0.969. The highest BCUT2D eigenvalue weighted by Crippen LogP contribution is 2.26. The summed E-state index contributed by atoms with van der Waals surface area (Å²) >= 11 is 3.27. The quantitative estimate of drug-likeness (QED) is 0.918. The van der Waals surface area contributed by atoms with Crippen LogP contribution in [0.1, 0.15) is 37.7 Å². The van der Waals surface area contributed by atoms with Gasteiger partial charge in [-0.15, -0.1) is 0 Å². The Balaban J connectivity index is 1.84. The van der Waals surface area contributed by atoms with Crippen molar-refractivity contribution in [3.8, 4) is 0 Å². The van der Waals surface area contributed by atoms with Crippen molar-refractivity contribution < 1.29 is 9.13 Å². The van der Waals surface area contributed by atoms with Crippen LogP contribution in [0, 0.1) is 5.82 Å². The molecular formula is C14H19BrFNO. The fourth-order valence-electron chi connectivity index (χ4n) is 2.47. The zero-order chi connectivity index (χ0) is 13.0. The molecule has 0 saturated heterocycles. The Morgan fingerprint density at radius 3 is 2.61 bits per heavy atom. The molecule has 0 unspecified atom stereocenters. The zero-order valence-corrected chi connectivity index (χ0v) is 12.0. The van der Waals surface area contributed by atoms with Gasteiger partial charge in [-0.05, 0) is 36.6 Å². The SMILES string of the molecule is NC1(COCc2cc(F)cc(Br)c2)CCCCC1. The summed E-state index contributed by atoms with van der Waals surface area (Å²) in [6.07, 6.45) is 5.70. The normalized spacial score (nSPS) is 18.8. The molecule has 0 amide bonds. The van der Waals surface area contributed by atoms with E-state index in [1.165, 1.54) is 31.4 Å². The molecule has 2 N–H and O–H groups in total. The van der Waals surface area contributed by atoms with Crippen molar-refractivity contribution in [2.45, 2.75) is 44.2 Å². The summed E-state index contributed by atoms with van der Waals surface area (Å²) in [6, 6.07) is 4.80. The minimum atomic E-state index is -0.247. The Kier molecular flexibility index (Phi) is 4.76. The van der Waals surface area contributed by atoms with Gasteiger partial charge in [0, 0.05) is 10.0 Å². The molecule has 1 aliphatic rings. The van der Waals surface area contributed by atoms with Gasteiger partial charge in [-0.1, -0.05) is 35.2 Å². The number of hydrogen-bond acceptors (Lipinski definition) is 2. The van der Waals surface area contributed by atoms with E-state index in [9.17, 15) is 4.39 Å². The van der Waals surface area contributed by atoms with Gasteiger partial charge in [0.05, 0.1) is 13.2 Å². The van der Waals surface area contributed by atoms with Gasteiger partial charge in [-0.25, -0.2) is 4.39 Å². The van der Waals surface area contributed by atoms with E-state index in [0.717, 1.165) is 22.9 Å². The minimum absolute atomic E-state index is 0.178. The molecule has 4 heteroatoms. The molecule has 2 rings (SSSR count). The summed E-state index contributed by atoms with van der Waals surface area (Å²) in [5.74, 6) is -0.247. The van der Waals surface area contributed by atoms with Gasteiger partial charge in [0.25, 0.3) is 0 Å². The van der Waals surface area contributed by atoms with Crippen LogP contribution in [-0.4, -0.2) is 12.1 Å². The number of hydrogen-bond donors (Lipinski definition) is 1. The number of benzene rings is 1. The Bertz CT molecular complexity index is 385. The minimum Gasteiger partial charge on any atom is -0.375 e. The Labute approximate surface area is 116 Å². The fourth-order valence-corrected chi connectivity index (χ4v) is 2.98. The van der Waals surface area contributed by atoms with Crippen molar-refractivity contribution in [2.24, 2.45) is 5.73 Å². The second kappa shape index (κ2) is 6.13. The van der Waals surface area contributed by atoms with Crippen LogP contribution in [0.5, 0.6) is 0 Å². The largest absolute Gasteiger partial charge is 0.375 e. The third-order valence-electron chi connectivity index (χ3n) is 3.43. The number of rotatable bonds is 4. The number of ether oxygens (including phenoxy) is 1. The first-order chi connectivity index (χ1) is 8.57. The molecule has 100 valence electrons.